The quantitative estimate of drug-likeness (QED) is 0.902. The van der Waals surface area contributed by atoms with Gasteiger partial charge in [0.1, 0.15) is 5.75 Å². The number of nitrogens with zero attached hydrogens (tertiary/aromatic N) is 1. The first-order valence-corrected chi connectivity index (χ1v) is 6.70. The van der Waals surface area contributed by atoms with E-state index < -0.39 is 12.1 Å². The summed E-state index contributed by atoms with van der Waals surface area (Å²) in [6.45, 7) is 3.64. The maximum atomic E-state index is 10.7. The molecule has 1 aromatic carbocycles. The Hall–Kier alpha value is -1.62. The minimum atomic E-state index is -0.967. The van der Waals surface area contributed by atoms with Gasteiger partial charge in [-0.2, -0.15) is 0 Å². The number of aryl methyl sites for hydroxylation is 1. The topological polar surface area (TPSA) is 59.4 Å². The van der Waals surface area contributed by atoms with Crippen LogP contribution in [0.3, 0.4) is 0 Å². The van der Waals surface area contributed by atoms with Gasteiger partial charge < -0.3 is 9.84 Å². The molecule has 0 saturated heterocycles. The average Bonchev–Trinajstić information content (AvgIpc) is 2.71. The zero-order valence-corrected chi connectivity index (χ0v) is 11.2. The number of carboxylic acid groups (broad SMARTS) is 1. The predicted molar refractivity (Wildman–Crippen MR) is 71.3 cm³/mol. The van der Waals surface area contributed by atoms with Crippen LogP contribution in [0.4, 0.5) is 0 Å². The Balaban J connectivity index is 2.23. The number of carbonyl (C=O) groups is 1. The van der Waals surface area contributed by atoms with Crippen LogP contribution < -0.4 is 4.74 Å². The predicted octanol–water partition coefficient (Wildman–Crippen LogP) is 3.10. The van der Waals surface area contributed by atoms with Crippen LogP contribution in [0, 0.1) is 0 Å². The Bertz CT molecular complexity index is 564. The molecule has 18 heavy (non-hydrogen) atoms. The van der Waals surface area contributed by atoms with Crippen LogP contribution in [0.1, 0.15) is 25.3 Å². The fourth-order valence-electron chi connectivity index (χ4n) is 1.60. The van der Waals surface area contributed by atoms with Crippen molar-refractivity contribution in [1.29, 1.82) is 0 Å². The van der Waals surface area contributed by atoms with Gasteiger partial charge in [-0.15, -0.1) is 11.3 Å². The molecule has 0 aliphatic heterocycles. The van der Waals surface area contributed by atoms with E-state index in [0.717, 1.165) is 28.1 Å². The van der Waals surface area contributed by atoms with Crippen LogP contribution in [0.2, 0.25) is 0 Å². The van der Waals surface area contributed by atoms with Crippen LogP contribution in [-0.2, 0) is 11.2 Å². The zero-order valence-electron chi connectivity index (χ0n) is 10.3. The summed E-state index contributed by atoms with van der Waals surface area (Å²) in [7, 11) is 0. The van der Waals surface area contributed by atoms with Gasteiger partial charge in [0.15, 0.2) is 6.10 Å². The first kappa shape index (κ1) is 12.8. The third-order valence-corrected chi connectivity index (χ3v) is 3.61. The lowest BCUT2D eigenvalue weighted by molar-refractivity contribution is -0.144. The zero-order chi connectivity index (χ0) is 13.1. The molecule has 4 nitrogen and oxygen atoms in total. The number of benzene rings is 1. The highest BCUT2D eigenvalue weighted by atomic mass is 32.1. The molecule has 1 heterocycles. The molecule has 5 heteroatoms. The van der Waals surface area contributed by atoms with Crippen LogP contribution in [0.15, 0.2) is 18.2 Å². The van der Waals surface area contributed by atoms with Crippen LogP contribution in [0.25, 0.3) is 10.2 Å². The Morgan fingerprint density at radius 1 is 1.56 bits per heavy atom. The van der Waals surface area contributed by atoms with Crippen molar-refractivity contribution in [1.82, 2.24) is 4.98 Å². The molecule has 0 bridgehead atoms. The Morgan fingerprint density at radius 3 is 3.00 bits per heavy atom. The van der Waals surface area contributed by atoms with Crippen LogP contribution in [0.5, 0.6) is 5.75 Å². The van der Waals surface area contributed by atoms with Gasteiger partial charge >= 0.3 is 5.97 Å². The molecular formula is C13H15NO3S. The number of thiazole rings is 1. The minimum Gasteiger partial charge on any atom is -0.479 e. The highest BCUT2D eigenvalue weighted by Crippen LogP contribution is 2.27. The number of aromatic nitrogens is 1. The lowest BCUT2D eigenvalue weighted by Crippen LogP contribution is -2.22. The van der Waals surface area contributed by atoms with E-state index >= 15 is 0 Å². The maximum absolute atomic E-state index is 10.7. The Labute approximate surface area is 109 Å². The van der Waals surface area contributed by atoms with Crippen molar-refractivity contribution < 1.29 is 14.6 Å². The van der Waals surface area contributed by atoms with Crippen molar-refractivity contribution in [2.24, 2.45) is 0 Å². The summed E-state index contributed by atoms with van der Waals surface area (Å²) in [4.78, 5) is 15.2. The van der Waals surface area contributed by atoms with Crippen molar-refractivity contribution in [2.45, 2.75) is 32.8 Å². The fourth-order valence-corrected chi connectivity index (χ4v) is 2.70. The number of ether oxygens (including phenoxy) is 1. The fraction of sp³-hybridized carbons (Fsp3) is 0.385. The van der Waals surface area contributed by atoms with E-state index in [0.29, 0.717) is 5.75 Å². The van der Waals surface area contributed by atoms with E-state index in [4.69, 9.17) is 9.84 Å². The summed E-state index contributed by atoms with van der Waals surface area (Å²) >= 11 is 1.63. The van der Waals surface area contributed by atoms with Gasteiger partial charge in [-0.05, 0) is 38.0 Å². The standard InChI is InChI=1S/C13H15NO3S/c1-3-4-12-14-10-6-5-9(7-11(10)18-12)17-8(2)13(15)16/h5-8H,3-4H2,1-2H3,(H,15,16). The minimum absolute atomic E-state index is 0.573. The summed E-state index contributed by atoms with van der Waals surface area (Å²) in [6.07, 6.45) is 1.20. The molecule has 0 aliphatic rings. The van der Waals surface area contributed by atoms with Gasteiger partial charge in [-0.25, -0.2) is 9.78 Å². The second kappa shape index (κ2) is 5.35. The molecular weight excluding hydrogens is 250 g/mol. The van der Waals surface area contributed by atoms with Gasteiger partial charge in [-0.1, -0.05) is 6.92 Å². The first-order chi connectivity index (χ1) is 8.60. The van der Waals surface area contributed by atoms with Gasteiger partial charge in [0, 0.05) is 0 Å². The Morgan fingerprint density at radius 2 is 2.33 bits per heavy atom. The molecule has 0 aliphatic carbocycles. The average molecular weight is 265 g/mol. The number of hydrogen-bond donors (Lipinski definition) is 1. The number of carboxylic acids is 1. The van der Waals surface area contributed by atoms with E-state index in [9.17, 15) is 4.79 Å². The van der Waals surface area contributed by atoms with Crippen molar-refractivity contribution in [3.8, 4) is 5.75 Å². The smallest absolute Gasteiger partial charge is 0.344 e. The van der Waals surface area contributed by atoms with E-state index in [2.05, 4.69) is 11.9 Å². The number of hydrogen-bond acceptors (Lipinski definition) is 4. The van der Waals surface area contributed by atoms with Gasteiger partial charge in [0.25, 0.3) is 0 Å². The third kappa shape index (κ3) is 2.79. The van der Waals surface area contributed by atoms with Crippen molar-refractivity contribution >= 4 is 27.5 Å². The molecule has 1 unspecified atom stereocenters. The largest absolute Gasteiger partial charge is 0.479 e. The van der Waals surface area contributed by atoms with Gasteiger partial charge in [0.2, 0.25) is 0 Å². The molecule has 1 aromatic heterocycles. The lowest BCUT2D eigenvalue weighted by atomic mass is 10.3. The monoisotopic (exact) mass is 265 g/mol. The first-order valence-electron chi connectivity index (χ1n) is 5.89. The molecule has 2 rings (SSSR count). The molecule has 0 spiro atoms. The number of rotatable bonds is 5. The Kier molecular flexibility index (Phi) is 3.81. The van der Waals surface area contributed by atoms with Gasteiger partial charge in [0.05, 0.1) is 15.2 Å². The van der Waals surface area contributed by atoms with E-state index in [-0.39, 0.29) is 0 Å². The molecule has 0 saturated carbocycles. The number of fused-ring (bicyclic) bond motifs is 1. The molecule has 0 amide bonds. The molecule has 1 atom stereocenters. The normalized spacial score (nSPS) is 12.6. The molecule has 2 aromatic rings. The molecule has 0 radical (unpaired) electrons. The summed E-state index contributed by atoms with van der Waals surface area (Å²) in [5.74, 6) is -0.393. The van der Waals surface area contributed by atoms with E-state index in [1.165, 1.54) is 6.92 Å². The van der Waals surface area contributed by atoms with Crippen molar-refractivity contribution in [3.63, 3.8) is 0 Å². The summed E-state index contributed by atoms with van der Waals surface area (Å²) in [5.41, 5.74) is 0.943. The highest BCUT2D eigenvalue weighted by Gasteiger charge is 2.13. The molecule has 0 fully saturated rings. The summed E-state index contributed by atoms with van der Waals surface area (Å²) < 4.78 is 6.37. The number of aliphatic carboxylic acids is 1. The second-order valence-corrected chi connectivity index (χ2v) is 5.20. The van der Waals surface area contributed by atoms with Crippen LogP contribution >= 0.6 is 11.3 Å². The summed E-state index contributed by atoms with van der Waals surface area (Å²) in [6, 6.07) is 5.48. The third-order valence-electron chi connectivity index (χ3n) is 2.53. The highest BCUT2D eigenvalue weighted by molar-refractivity contribution is 7.18. The lowest BCUT2D eigenvalue weighted by Gasteiger charge is -2.09. The molecule has 96 valence electrons. The molecule has 1 N–H and O–H groups in total. The SMILES string of the molecule is CCCc1nc2ccc(OC(C)C(=O)O)cc2s1. The van der Waals surface area contributed by atoms with E-state index in [1.54, 1.807) is 17.4 Å². The summed E-state index contributed by atoms with van der Waals surface area (Å²) in [5, 5.41) is 9.90. The van der Waals surface area contributed by atoms with Crippen molar-refractivity contribution in [3.05, 3.63) is 23.2 Å². The van der Waals surface area contributed by atoms with Crippen LogP contribution in [-0.4, -0.2) is 22.2 Å². The second-order valence-electron chi connectivity index (χ2n) is 4.09. The van der Waals surface area contributed by atoms with Gasteiger partial charge in [-0.3, -0.25) is 0 Å². The van der Waals surface area contributed by atoms with E-state index in [1.807, 2.05) is 12.1 Å². The van der Waals surface area contributed by atoms with Crippen molar-refractivity contribution in [2.75, 3.05) is 0 Å². The maximum Gasteiger partial charge on any atom is 0.344 e.